The molecule has 0 saturated carbocycles. The summed E-state index contributed by atoms with van der Waals surface area (Å²) >= 11 is 0. The number of hydrogen-bond acceptors (Lipinski definition) is 2. The molecule has 0 aliphatic heterocycles. The van der Waals surface area contributed by atoms with Gasteiger partial charge in [-0.25, -0.2) is 0 Å². The quantitative estimate of drug-likeness (QED) is 0.603. The summed E-state index contributed by atoms with van der Waals surface area (Å²) in [6.07, 6.45) is 1.79. The molecule has 0 heterocycles. The van der Waals surface area contributed by atoms with Gasteiger partial charge in [-0.3, -0.25) is 0 Å². The van der Waals surface area contributed by atoms with E-state index >= 15 is 0 Å². The summed E-state index contributed by atoms with van der Waals surface area (Å²) in [6.45, 7) is 2.74. The van der Waals surface area contributed by atoms with E-state index in [9.17, 15) is 0 Å². The third-order valence-corrected chi connectivity index (χ3v) is 2.08. The molecule has 0 spiro atoms. The molecule has 0 radical (unpaired) electrons. The van der Waals surface area contributed by atoms with Gasteiger partial charge >= 0.3 is 0 Å². The first kappa shape index (κ1) is 11.6. The first-order chi connectivity index (χ1) is 7.27. The van der Waals surface area contributed by atoms with Crippen molar-refractivity contribution in [1.82, 2.24) is 0 Å². The maximum absolute atomic E-state index is 5.40. The maximum Gasteiger partial charge on any atom is 0.134 e. The molecule has 0 unspecified atom stereocenters. The Labute approximate surface area is 91.4 Å². The van der Waals surface area contributed by atoms with Gasteiger partial charge in [-0.05, 0) is 37.6 Å². The second-order valence-electron chi connectivity index (χ2n) is 3.40. The van der Waals surface area contributed by atoms with Crippen LogP contribution < -0.4 is 10.5 Å². The third kappa shape index (κ3) is 3.65. The van der Waals surface area contributed by atoms with Crippen molar-refractivity contribution in [3.05, 3.63) is 29.3 Å². The molecule has 0 aliphatic carbocycles. The molecular weight excluding hydrogens is 186 g/mol. The van der Waals surface area contributed by atoms with E-state index in [4.69, 9.17) is 10.5 Å². The van der Waals surface area contributed by atoms with Crippen LogP contribution in [0.2, 0.25) is 0 Å². The topological polar surface area (TPSA) is 35.2 Å². The minimum absolute atomic E-state index is 0.694. The second-order valence-corrected chi connectivity index (χ2v) is 3.40. The maximum atomic E-state index is 5.40. The lowest BCUT2D eigenvalue weighted by atomic mass is 10.1. The number of aryl methyl sites for hydroxylation is 1. The van der Waals surface area contributed by atoms with E-state index in [-0.39, 0.29) is 0 Å². The highest BCUT2D eigenvalue weighted by molar-refractivity contribution is 5.47. The molecule has 15 heavy (non-hydrogen) atoms. The highest BCUT2D eigenvalue weighted by atomic mass is 16.5. The van der Waals surface area contributed by atoms with Crippen molar-refractivity contribution in [3.63, 3.8) is 0 Å². The van der Waals surface area contributed by atoms with Gasteiger partial charge in [0.25, 0.3) is 0 Å². The average molecular weight is 203 g/mol. The van der Waals surface area contributed by atoms with Crippen LogP contribution in [0, 0.1) is 18.8 Å². The van der Waals surface area contributed by atoms with Gasteiger partial charge in [0.05, 0.1) is 12.7 Å². The van der Waals surface area contributed by atoms with Crippen LogP contribution in [0.3, 0.4) is 0 Å². The van der Waals surface area contributed by atoms with Crippen molar-refractivity contribution in [2.75, 3.05) is 13.7 Å². The minimum atomic E-state index is 0.694. The summed E-state index contributed by atoms with van der Waals surface area (Å²) in [5.41, 5.74) is 7.54. The fourth-order valence-electron chi connectivity index (χ4n) is 1.27. The Hall–Kier alpha value is -1.46. The van der Waals surface area contributed by atoms with Crippen molar-refractivity contribution >= 4 is 0 Å². The van der Waals surface area contributed by atoms with Crippen LogP contribution in [0.15, 0.2) is 18.2 Å². The van der Waals surface area contributed by atoms with Crippen molar-refractivity contribution in [2.24, 2.45) is 5.73 Å². The predicted molar refractivity (Wildman–Crippen MR) is 62.9 cm³/mol. The van der Waals surface area contributed by atoms with E-state index in [1.807, 2.05) is 25.1 Å². The molecule has 1 aromatic rings. The molecule has 0 aliphatic rings. The van der Waals surface area contributed by atoms with E-state index in [0.717, 1.165) is 24.2 Å². The highest BCUT2D eigenvalue weighted by Crippen LogP contribution is 2.18. The largest absolute Gasteiger partial charge is 0.495 e. The van der Waals surface area contributed by atoms with E-state index in [1.165, 1.54) is 5.56 Å². The number of nitrogens with two attached hydrogens (primary N) is 1. The zero-order chi connectivity index (χ0) is 11.1. The van der Waals surface area contributed by atoms with Gasteiger partial charge in [0.1, 0.15) is 5.75 Å². The van der Waals surface area contributed by atoms with Crippen LogP contribution in [0.1, 0.15) is 24.0 Å². The molecule has 0 saturated heterocycles. The Kier molecular flexibility index (Phi) is 4.73. The number of benzene rings is 1. The smallest absolute Gasteiger partial charge is 0.134 e. The summed E-state index contributed by atoms with van der Waals surface area (Å²) < 4.78 is 5.23. The zero-order valence-corrected chi connectivity index (χ0v) is 9.34. The summed E-state index contributed by atoms with van der Waals surface area (Å²) in [7, 11) is 1.66. The number of ether oxygens (including phenoxy) is 1. The third-order valence-electron chi connectivity index (χ3n) is 2.08. The Morgan fingerprint density at radius 2 is 2.20 bits per heavy atom. The monoisotopic (exact) mass is 203 g/mol. The summed E-state index contributed by atoms with van der Waals surface area (Å²) in [5.74, 6) is 7.04. The number of unbranched alkanes of at least 4 members (excludes halogenated alkanes) is 1. The molecule has 2 heteroatoms. The average Bonchev–Trinajstić information content (AvgIpc) is 2.25. The van der Waals surface area contributed by atoms with Crippen molar-refractivity contribution in [2.45, 2.75) is 19.8 Å². The van der Waals surface area contributed by atoms with E-state index in [2.05, 4.69) is 11.8 Å². The van der Waals surface area contributed by atoms with E-state index < -0.39 is 0 Å². The van der Waals surface area contributed by atoms with Gasteiger partial charge in [-0.2, -0.15) is 0 Å². The SMILES string of the molecule is COc1ccc(C)cc1C#CCCCN. The number of rotatable bonds is 3. The van der Waals surface area contributed by atoms with Crippen LogP contribution in [0.25, 0.3) is 0 Å². The molecule has 2 N–H and O–H groups in total. The summed E-state index contributed by atoms with van der Waals surface area (Å²) in [4.78, 5) is 0. The van der Waals surface area contributed by atoms with Gasteiger partial charge in [0.2, 0.25) is 0 Å². The molecule has 0 atom stereocenters. The molecule has 0 amide bonds. The molecule has 2 nitrogen and oxygen atoms in total. The lowest BCUT2D eigenvalue weighted by Gasteiger charge is -2.03. The van der Waals surface area contributed by atoms with Crippen LogP contribution in [0.4, 0.5) is 0 Å². The van der Waals surface area contributed by atoms with Gasteiger partial charge in [0.15, 0.2) is 0 Å². The van der Waals surface area contributed by atoms with E-state index in [0.29, 0.717) is 6.54 Å². The Morgan fingerprint density at radius 3 is 2.87 bits per heavy atom. The summed E-state index contributed by atoms with van der Waals surface area (Å²) in [6, 6.07) is 6.00. The van der Waals surface area contributed by atoms with Crippen molar-refractivity contribution in [1.29, 1.82) is 0 Å². The fourth-order valence-corrected chi connectivity index (χ4v) is 1.27. The lowest BCUT2D eigenvalue weighted by molar-refractivity contribution is 0.413. The number of hydrogen-bond donors (Lipinski definition) is 1. The van der Waals surface area contributed by atoms with Gasteiger partial charge in [-0.15, -0.1) is 0 Å². The van der Waals surface area contributed by atoms with Crippen LogP contribution >= 0.6 is 0 Å². The molecule has 80 valence electrons. The molecule has 1 aromatic carbocycles. The predicted octanol–water partition coefficient (Wildman–Crippen LogP) is 2.09. The van der Waals surface area contributed by atoms with Crippen LogP contribution in [-0.2, 0) is 0 Å². The first-order valence-corrected chi connectivity index (χ1v) is 5.11. The summed E-state index contributed by atoms with van der Waals surface area (Å²) in [5, 5.41) is 0. The molecule has 0 aromatic heterocycles. The highest BCUT2D eigenvalue weighted by Gasteiger charge is 1.98. The van der Waals surface area contributed by atoms with E-state index in [1.54, 1.807) is 7.11 Å². The standard InChI is InChI=1S/C13H17NO/c1-11-7-8-13(15-2)12(10-11)6-4-3-5-9-14/h7-8,10H,3,5,9,14H2,1-2H3. The van der Waals surface area contributed by atoms with Crippen LogP contribution in [-0.4, -0.2) is 13.7 Å². The van der Waals surface area contributed by atoms with Crippen molar-refractivity contribution < 1.29 is 4.74 Å². The molecule has 0 fully saturated rings. The molecule has 1 rings (SSSR count). The minimum Gasteiger partial charge on any atom is -0.495 e. The van der Waals surface area contributed by atoms with Crippen molar-refractivity contribution in [3.8, 4) is 17.6 Å². The zero-order valence-electron chi connectivity index (χ0n) is 9.34. The molecule has 0 bridgehead atoms. The van der Waals surface area contributed by atoms with Crippen LogP contribution in [0.5, 0.6) is 5.75 Å². The normalized spacial score (nSPS) is 9.27. The molecular formula is C13H17NO. The Balaban J connectivity index is 2.80. The lowest BCUT2D eigenvalue weighted by Crippen LogP contribution is -1.96. The Bertz CT molecular complexity index is 374. The number of methoxy groups -OCH3 is 1. The van der Waals surface area contributed by atoms with Gasteiger partial charge in [-0.1, -0.05) is 17.9 Å². The van der Waals surface area contributed by atoms with Gasteiger partial charge in [0, 0.05) is 6.42 Å². The van der Waals surface area contributed by atoms with Gasteiger partial charge < -0.3 is 10.5 Å². The fraction of sp³-hybridized carbons (Fsp3) is 0.385. The second kappa shape index (κ2) is 6.10. The Morgan fingerprint density at radius 1 is 1.40 bits per heavy atom. The first-order valence-electron chi connectivity index (χ1n) is 5.11.